The van der Waals surface area contributed by atoms with Crippen LogP contribution >= 0.6 is 0 Å². The Balaban J connectivity index is 1.88. The molecule has 4 nitrogen and oxygen atoms in total. The van der Waals surface area contributed by atoms with Crippen LogP contribution in [0, 0.1) is 0 Å². The van der Waals surface area contributed by atoms with Gasteiger partial charge in [0.2, 0.25) is 0 Å². The molecule has 0 spiro atoms. The second-order valence-corrected chi connectivity index (χ2v) is 4.47. The summed E-state index contributed by atoms with van der Waals surface area (Å²) in [6, 6.07) is 9.82. The zero-order valence-electron chi connectivity index (χ0n) is 11.1. The van der Waals surface area contributed by atoms with Crippen LogP contribution < -0.4 is 10.5 Å². The standard InChI is InChI=1S/C15H19N3O/c1-2-12(16)9-13-6-7-15(10-18-13)19-11-14-5-3-4-8-17-14/h3-8,10,12H,2,9,11,16H2,1H3. The summed E-state index contributed by atoms with van der Waals surface area (Å²) in [4.78, 5) is 8.55. The van der Waals surface area contributed by atoms with E-state index in [9.17, 15) is 0 Å². The van der Waals surface area contributed by atoms with E-state index < -0.39 is 0 Å². The van der Waals surface area contributed by atoms with Crippen LogP contribution in [0.3, 0.4) is 0 Å². The van der Waals surface area contributed by atoms with Gasteiger partial charge in [-0.15, -0.1) is 0 Å². The number of pyridine rings is 2. The summed E-state index contributed by atoms with van der Waals surface area (Å²) < 4.78 is 5.62. The minimum absolute atomic E-state index is 0.174. The molecule has 2 heterocycles. The summed E-state index contributed by atoms with van der Waals surface area (Å²) in [5.41, 5.74) is 7.80. The lowest BCUT2D eigenvalue weighted by atomic mass is 10.1. The lowest BCUT2D eigenvalue weighted by Crippen LogP contribution is -2.21. The lowest BCUT2D eigenvalue weighted by Gasteiger charge is -2.09. The van der Waals surface area contributed by atoms with Crippen molar-refractivity contribution in [2.24, 2.45) is 5.73 Å². The third kappa shape index (κ3) is 4.34. The van der Waals surface area contributed by atoms with Gasteiger partial charge < -0.3 is 10.5 Å². The first-order valence-electron chi connectivity index (χ1n) is 6.51. The molecule has 2 N–H and O–H groups in total. The Hall–Kier alpha value is -1.94. The fourth-order valence-electron chi connectivity index (χ4n) is 1.67. The molecule has 0 aliphatic carbocycles. The molecule has 0 radical (unpaired) electrons. The molecule has 1 atom stereocenters. The Kier molecular flexibility index (Phi) is 4.86. The van der Waals surface area contributed by atoms with Gasteiger partial charge in [-0.05, 0) is 30.7 Å². The number of aromatic nitrogens is 2. The van der Waals surface area contributed by atoms with Gasteiger partial charge in [0.25, 0.3) is 0 Å². The molecule has 0 amide bonds. The highest BCUT2D eigenvalue weighted by atomic mass is 16.5. The molecule has 0 fully saturated rings. The molecule has 100 valence electrons. The molecule has 0 aliphatic rings. The Bertz CT molecular complexity index is 485. The van der Waals surface area contributed by atoms with Crippen molar-refractivity contribution < 1.29 is 4.74 Å². The van der Waals surface area contributed by atoms with Crippen molar-refractivity contribution in [1.82, 2.24) is 9.97 Å². The van der Waals surface area contributed by atoms with E-state index in [2.05, 4.69) is 16.9 Å². The number of nitrogens with zero attached hydrogens (tertiary/aromatic N) is 2. The zero-order valence-corrected chi connectivity index (χ0v) is 11.1. The molecule has 0 saturated heterocycles. The SMILES string of the molecule is CCC(N)Cc1ccc(OCc2ccccn2)cn1. The van der Waals surface area contributed by atoms with Crippen LogP contribution in [0.25, 0.3) is 0 Å². The fraction of sp³-hybridized carbons (Fsp3) is 0.333. The molecule has 1 unspecified atom stereocenters. The summed E-state index contributed by atoms with van der Waals surface area (Å²) in [7, 11) is 0. The minimum Gasteiger partial charge on any atom is -0.486 e. The van der Waals surface area contributed by atoms with E-state index >= 15 is 0 Å². The van der Waals surface area contributed by atoms with Crippen molar-refractivity contribution >= 4 is 0 Å². The lowest BCUT2D eigenvalue weighted by molar-refractivity contribution is 0.300. The van der Waals surface area contributed by atoms with Gasteiger partial charge in [0.05, 0.1) is 11.9 Å². The van der Waals surface area contributed by atoms with Crippen LogP contribution in [0.1, 0.15) is 24.7 Å². The summed E-state index contributed by atoms with van der Waals surface area (Å²) in [5.74, 6) is 0.750. The molecule has 0 saturated carbocycles. The average Bonchev–Trinajstić information content (AvgIpc) is 2.47. The number of hydrogen-bond donors (Lipinski definition) is 1. The van der Waals surface area contributed by atoms with Gasteiger partial charge in [-0.3, -0.25) is 9.97 Å². The zero-order chi connectivity index (χ0) is 13.5. The molecule has 2 aromatic rings. The van der Waals surface area contributed by atoms with Gasteiger partial charge in [-0.2, -0.15) is 0 Å². The maximum absolute atomic E-state index is 5.90. The van der Waals surface area contributed by atoms with Crippen molar-refractivity contribution in [2.45, 2.75) is 32.4 Å². The van der Waals surface area contributed by atoms with E-state index in [4.69, 9.17) is 10.5 Å². The summed E-state index contributed by atoms with van der Waals surface area (Å²) in [6.45, 7) is 2.53. The molecule has 19 heavy (non-hydrogen) atoms. The predicted molar refractivity (Wildman–Crippen MR) is 74.8 cm³/mol. The predicted octanol–water partition coefficient (Wildman–Crippen LogP) is 2.34. The molecule has 2 aromatic heterocycles. The van der Waals surface area contributed by atoms with Crippen LogP contribution in [-0.2, 0) is 13.0 Å². The van der Waals surface area contributed by atoms with E-state index in [0.29, 0.717) is 6.61 Å². The number of hydrogen-bond acceptors (Lipinski definition) is 4. The second kappa shape index (κ2) is 6.85. The van der Waals surface area contributed by atoms with Crippen LogP contribution in [-0.4, -0.2) is 16.0 Å². The van der Waals surface area contributed by atoms with E-state index in [1.54, 1.807) is 12.4 Å². The number of ether oxygens (including phenoxy) is 1. The highest BCUT2D eigenvalue weighted by Crippen LogP contribution is 2.12. The largest absolute Gasteiger partial charge is 0.486 e. The van der Waals surface area contributed by atoms with Crippen molar-refractivity contribution in [2.75, 3.05) is 0 Å². The smallest absolute Gasteiger partial charge is 0.138 e. The van der Waals surface area contributed by atoms with Gasteiger partial charge in [0.1, 0.15) is 12.4 Å². The van der Waals surface area contributed by atoms with Crippen molar-refractivity contribution in [3.63, 3.8) is 0 Å². The molecule has 4 heteroatoms. The Morgan fingerprint density at radius 2 is 2.05 bits per heavy atom. The van der Waals surface area contributed by atoms with Crippen molar-refractivity contribution in [3.05, 3.63) is 54.1 Å². The second-order valence-electron chi connectivity index (χ2n) is 4.47. The van der Waals surface area contributed by atoms with Crippen molar-refractivity contribution in [3.8, 4) is 5.75 Å². The molecular formula is C15H19N3O. The molecular weight excluding hydrogens is 238 g/mol. The molecule has 0 aromatic carbocycles. The summed E-state index contributed by atoms with van der Waals surface area (Å²) >= 11 is 0. The maximum atomic E-state index is 5.90. The normalized spacial score (nSPS) is 12.1. The van der Waals surface area contributed by atoms with Gasteiger partial charge >= 0.3 is 0 Å². The first-order chi connectivity index (χ1) is 9.28. The summed E-state index contributed by atoms with van der Waals surface area (Å²) in [5, 5.41) is 0. The minimum atomic E-state index is 0.174. The average molecular weight is 257 g/mol. The van der Waals surface area contributed by atoms with Gasteiger partial charge in [0.15, 0.2) is 0 Å². The third-order valence-corrected chi connectivity index (χ3v) is 2.91. The van der Waals surface area contributed by atoms with E-state index in [1.165, 1.54) is 0 Å². The van der Waals surface area contributed by atoms with Gasteiger partial charge in [-0.25, -0.2) is 0 Å². The van der Waals surface area contributed by atoms with E-state index in [0.717, 1.165) is 30.0 Å². The molecule has 0 aliphatic heterocycles. The van der Waals surface area contributed by atoms with Gasteiger partial charge in [0, 0.05) is 24.4 Å². The Morgan fingerprint density at radius 3 is 2.68 bits per heavy atom. The first-order valence-corrected chi connectivity index (χ1v) is 6.51. The first kappa shape index (κ1) is 13.5. The number of nitrogens with two attached hydrogens (primary N) is 1. The van der Waals surface area contributed by atoms with Crippen LogP contribution in [0.15, 0.2) is 42.7 Å². The quantitative estimate of drug-likeness (QED) is 0.862. The topological polar surface area (TPSA) is 61.0 Å². The molecule has 0 bridgehead atoms. The fourth-order valence-corrected chi connectivity index (χ4v) is 1.67. The molecule has 2 rings (SSSR count). The Labute approximate surface area is 113 Å². The highest BCUT2D eigenvalue weighted by molar-refractivity contribution is 5.20. The number of rotatable bonds is 6. The monoisotopic (exact) mass is 257 g/mol. The van der Waals surface area contributed by atoms with Gasteiger partial charge in [-0.1, -0.05) is 13.0 Å². The maximum Gasteiger partial charge on any atom is 0.138 e. The van der Waals surface area contributed by atoms with E-state index in [-0.39, 0.29) is 6.04 Å². The highest BCUT2D eigenvalue weighted by Gasteiger charge is 2.03. The van der Waals surface area contributed by atoms with Crippen LogP contribution in [0.4, 0.5) is 0 Å². The van der Waals surface area contributed by atoms with Crippen molar-refractivity contribution in [1.29, 1.82) is 0 Å². The Morgan fingerprint density at radius 1 is 1.16 bits per heavy atom. The van der Waals surface area contributed by atoms with E-state index in [1.807, 2.05) is 30.3 Å². The van der Waals surface area contributed by atoms with Crippen LogP contribution in [0.5, 0.6) is 5.75 Å². The van der Waals surface area contributed by atoms with Crippen LogP contribution in [0.2, 0.25) is 0 Å². The summed E-state index contributed by atoms with van der Waals surface area (Å²) in [6.07, 6.45) is 5.25. The third-order valence-electron chi connectivity index (χ3n) is 2.91.